The first-order valence-corrected chi connectivity index (χ1v) is 8.08. The lowest BCUT2D eigenvalue weighted by atomic mass is 10.2. The number of nitrogens with zero attached hydrogens (tertiary/aromatic N) is 1. The summed E-state index contributed by atoms with van der Waals surface area (Å²) >= 11 is 0. The second kappa shape index (κ2) is 7.56. The average Bonchev–Trinajstić information content (AvgIpc) is 3.06. The SMILES string of the molecule is O=C(COc1cccc(C(F)(F)F)c1)Nc1ccc(N2CCNC2=O)cc1. The van der Waals surface area contributed by atoms with Gasteiger partial charge in [0.2, 0.25) is 0 Å². The number of rotatable bonds is 5. The third-order valence-electron chi connectivity index (χ3n) is 3.85. The van der Waals surface area contributed by atoms with E-state index in [0.717, 1.165) is 12.1 Å². The van der Waals surface area contributed by atoms with Gasteiger partial charge in [-0.05, 0) is 42.5 Å². The number of carbonyl (C=O) groups is 2. The van der Waals surface area contributed by atoms with E-state index in [-0.39, 0.29) is 11.8 Å². The zero-order chi connectivity index (χ0) is 19.4. The van der Waals surface area contributed by atoms with Crippen molar-refractivity contribution in [3.8, 4) is 5.75 Å². The Morgan fingerprint density at radius 2 is 1.93 bits per heavy atom. The Hall–Kier alpha value is -3.23. The number of carbonyl (C=O) groups excluding carboxylic acids is 2. The van der Waals surface area contributed by atoms with Gasteiger partial charge < -0.3 is 15.4 Å². The summed E-state index contributed by atoms with van der Waals surface area (Å²) in [5, 5.41) is 5.27. The van der Waals surface area contributed by atoms with Gasteiger partial charge in [0.15, 0.2) is 6.61 Å². The first kappa shape index (κ1) is 18.6. The molecule has 0 saturated carbocycles. The fourth-order valence-corrected chi connectivity index (χ4v) is 2.55. The van der Waals surface area contributed by atoms with Crippen LogP contribution in [-0.4, -0.2) is 31.6 Å². The Balaban J connectivity index is 1.54. The predicted octanol–water partition coefficient (Wildman–Crippen LogP) is 3.25. The molecule has 0 aromatic heterocycles. The minimum Gasteiger partial charge on any atom is -0.484 e. The fraction of sp³-hybridized carbons (Fsp3) is 0.222. The molecule has 0 bridgehead atoms. The Bertz CT molecular complexity index is 838. The van der Waals surface area contributed by atoms with Crippen LogP contribution in [0.15, 0.2) is 48.5 Å². The molecule has 2 aromatic rings. The lowest BCUT2D eigenvalue weighted by molar-refractivity contribution is -0.137. The quantitative estimate of drug-likeness (QED) is 0.838. The second-order valence-corrected chi connectivity index (χ2v) is 5.79. The number of alkyl halides is 3. The molecular formula is C18H16F3N3O3. The summed E-state index contributed by atoms with van der Waals surface area (Å²) in [6, 6.07) is 10.8. The molecule has 1 fully saturated rings. The molecular weight excluding hydrogens is 363 g/mol. The number of anilines is 2. The first-order chi connectivity index (χ1) is 12.8. The third-order valence-corrected chi connectivity index (χ3v) is 3.85. The summed E-state index contributed by atoms with van der Waals surface area (Å²) in [5.74, 6) is -0.561. The second-order valence-electron chi connectivity index (χ2n) is 5.79. The summed E-state index contributed by atoms with van der Waals surface area (Å²) in [5.41, 5.74) is 0.334. The zero-order valence-corrected chi connectivity index (χ0v) is 14.0. The Morgan fingerprint density at radius 1 is 1.19 bits per heavy atom. The van der Waals surface area contributed by atoms with Crippen molar-refractivity contribution in [1.82, 2.24) is 5.32 Å². The maximum atomic E-state index is 12.7. The van der Waals surface area contributed by atoms with Crippen LogP contribution in [0, 0.1) is 0 Å². The van der Waals surface area contributed by atoms with Crippen molar-refractivity contribution in [2.24, 2.45) is 0 Å². The molecule has 3 rings (SSSR count). The van der Waals surface area contributed by atoms with E-state index in [1.165, 1.54) is 12.1 Å². The molecule has 0 spiro atoms. The number of urea groups is 1. The van der Waals surface area contributed by atoms with Gasteiger partial charge in [0.25, 0.3) is 5.91 Å². The van der Waals surface area contributed by atoms with Crippen LogP contribution in [0.5, 0.6) is 5.75 Å². The molecule has 0 aliphatic carbocycles. The predicted molar refractivity (Wildman–Crippen MR) is 92.8 cm³/mol. The summed E-state index contributed by atoms with van der Waals surface area (Å²) in [6.45, 7) is 0.706. The number of hydrogen-bond donors (Lipinski definition) is 2. The number of nitrogens with one attached hydrogen (secondary N) is 2. The van der Waals surface area contributed by atoms with Crippen molar-refractivity contribution >= 4 is 23.3 Å². The molecule has 0 radical (unpaired) electrons. The topological polar surface area (TPSA) is 70.7 Å². The number of halogens is 3. The lowest BCUT2D eigenvalue weighted by Gasteiger charge is -2.15. The van der Waals surface area contributed by atoms with E-state index < -0.39 is 24.3 Å². The summed E-state index contributed by atoms with van der Waals surface area (Å²) < 4.78 is 43.1. The number of ether oxygens (including phenoxy) is 1. The van der Waals surface area contributed by atoms with Gasteiger partial charge in [0.05, 0.1) is 5.56 Å². The number of hydrogen-bond acceptors (Lipinski definition) is 3. The van der Waals surface area contributed by atoms with Crippen LogP contribution in [0.2, 0.25) is 0 Å². The molecule has 27 heavy (non-hydrogen) atoms. The van der Waals surface area contributed by atoms with Crippen molar-refractivity contribution in [2.75, 3.05) is 29.9 Å². The average molecular weight is 379 g/mol. The number of amides is 3. The van der Waals surface area contributed by atoms with Gasteiger partial charge in [-0.25, -0.2) is 4.79 Å². The van der Waals surface area contributed by atoms with Crippen molar-refractivity contribution in [3.63, 3.8) is 0 Å². The van der Waals surface area contributed by atoms with Crippen LogP contribution in [0.4, 0.5) is 29.3 Å². The van der Waals surface area contributed by atoms with E-state index in [9.17, 15) is 22.8 Å². The van der Waals surface area contributed by atoms with Gasteiger partial charge >= 0.3 is 12.2 Å². The molecule has 1 aliphatic rings. The Labute approximate surface area is 152 Å². The van der Waals surface area contributed by atoms with Gasteiger partial charge in [-0.15, -0.1) is 0 Å². The highest BCUT2D eigenvalue weighted by molar-refractivity contribution is 5.95. The molecule has 9 heteroatoms. The normalized spacial score (nSPS) is 14.0. The van der Waals surface area contributed by atoms with Crippen LogP contribution in [0.1, 0.15) is 5.56 Å². The lowest BCUT2D eigenvalue weighted by Crippen LogP contribution is -2.27. The van der Waals surface area contributed by atoms with Crippen molar-refractivity contribution in [1.29, 1.82) is 0 Å². The van der Waals surface area contributed by atoms with E-state index in [1.807, 2.05) is 0 Å². The van der Waals surface area contributed by atoms with Gasteiger partial charge in [-0.3, -0.25) is 9.69 Å². The molecule has 6 nitrogen and oxygen atoms in total. The van der Waals surface area contributed by atoms with Gasteiger partial charge in [0, 0.05) is 24.5 Å². The highest BCUT2D eigenvalue weighted by Crippen LogP contribution is 2.31. The highest BCUT2D eigenvalue weighted by Gasteiger charge is 2.30. The van der Waals surface area contributed by atoms with Crippen molar-refractivity contribution in [3.05, 3.63) is 54.1 Å². The van der Waals surface area contributed by atoms with Crippen LogP contribution >= 0.6 is 0 Å². The van der Waals surface area contributed by atoms with Crippen molar-refractivity contribution < 1.29 is 27.5 Å². The van der Waals surface area contributed by atoms with Gasteiger partial charge in [-0.2, -0.15) is 13.2 Å². The summed E-state index contributed by atoms with van der Waals surface area (Å²) in [6.07, 6.45) is -4.48. The molecule has 0 atom stereocenters. The van der Waals surface area contributed by atoms with Crippen molar-refractivity contribution in [2.45, 2.75) is 6.18 Å². The molecule has 142 valence electrons. The van der Waals surface area contributed by atoms with E-state index in [1.54, 1.807) is 29.2 Å². The van der Waals surface area contributed by atoms with E-state index in [0.29, 0.717) is 24.5 Å². The molecule has 0 unspecified atom stereocenters. The monoisotopic (exact) mass is 379 g/mol. The highest BCUT2D eigenvalue weighted by atomic mass is 19.4. The zero-order valence-electron chi connectivity index (χ0n) is 14.0. The Kier molecular flexibility index (Phi) is 5.20. The van der Waals surface area contributed by atoms with E-state index in [2.05, 4.69) is 10.6 Å². The van der Waals surface area contributed by atoms with Gasteiger partial charge in [0.1, 0.15) is 5.75 Å². The minimum atomic E-state index is -4.48. The fourth-order valence-electron chi connectivity index (χ4n) is 2.55. The van der Waals surface area contributed by atoms with Crippen LogP contribution in [-0.2, 0) is 11.0 Å². The standard InChI is InChI=1S/C18H16F3N3O3/c19-18(20,21)12-2-1-3-15(10-12)27-11-16(25)23-13-4-6-14(7-5-13)24-9-8-22-17(24)26/h1-7,10H,8-9,11H2,(H,22,26)(H,23,25). The largest absolute Gasteiger partial charge is 0.484 e. The maximum absolute atomic E-state index is 12.7. The summed E-state index contributed by atoms with van der Waals surface area (Å²) in [4.78, 5) is 25.1. The van der Waals surface area contributed by atoms with E-state index >= 15 is 0 Å². The van der Waals surface area contributed by atoms with Crippen LogP contribution in [0.3, 0.4) is 0 Å². The number of benzene rings is 2. The summed E-state index contributed by atoms with van der Waals surface area (Å²) in [7, 11) is 0. The third kappa shape index (κ3) is 4.69. The smallest absolute Gasteiger partial charge is 0.416 e. The molecule has 1 aliphatic heterocycles. The van der Waals surface area contributed by atoms with E-state index in [4.69, 9.17) is 4.74 Å². The van der Waals surface area contributed by atoms with Crippen LogP contribution < -0.4 is 20.3 Å². The van der Waals surface area contributed by atoms with Gasteiger partial charge in [-0.1, -0.05) is 6.07 Å². The molecule has 2 aromatic carbocycles. The minimum absolute atomic E-state index is 0.0460. The molecule has 1 heterocycles. The Morgan fingerprint density at radius 3 is 2.56 bits per heavy atom. The maximum Gasteiger partial charge on any atom is 0.416 e. The molecule has 3 amide bonds. The van der Waals surface area contributed by atoms with Crippen LogP contribution in [0.25, 0.3) is 0 Å². The molecule has 2 N–H and O–H groups in total. The molecule has 1 saturated heterocycles. The first-order valence-electron chi connectivity index (χ1n) is 8.08.